The van der Waals surface area contributed by atoms with Gasteiger partial charge in [-0.1, -0.05) is 116 Å². The first-order chi connectivity index (χ1) is 35.7. The van der Waals surface area contributed by atoms with Crippen LogP contribution in [0.1, 0.15) is 79.3 Å². The van der Waals surface area contributed by atoms with Crippen LogP contribution in [-0.2, 0) is 31.9 Å². The van der Waals surface area contributed by atoms with E-state index in [0.29, 0.717) is 45.4 Å². The Bertz CT molecular complexity index is 3780. The molecule has 10 heteroatoms. The predicted molar refractivity (Wildman–Crippen MR) is 292 cm³/mol. The number of pyridine rings is 1. The van der Waals surface area contributed by atoms with Gasteiger partial charge in [-0.15, -0.1) is 53.6 Å². The molecule has 2 aromatic heterocycles. The van der Waals surface area contributed by atoms with Crippen molar-refractivity contribution in [3.05, 3.63) is 223 Å². The Morgan fingerprint density at radius 2 is 1.13 bits per heavy atom. The standard InChI is InChI=1S/C65H53F4N4O.Pt/c1-39(2)52-15-9-10-16-53(52)42-29-49(36-51(30-42)74-50-21-22-55-54-17-11-12-18-58(54)73(61(55)37-50)62-33-43(23-24-70-62)64(3,4)5)71-38-72(60-20-14-13-19-59(60)71)63-56(40-25-45(66)34-46(67)26-40)31-44(65(6,7)8)32-57(63)41-27-47(68)35-48(69)28-41;/h9-35,38-39H,1-8H3;/q-3;/i39D;. The smallest absolute Gasteiger partial charge is 0.135 e. The minimum absolute atomic E-state index is 0. The van der Waals surface area contributed by atoms with Crippen LogP contribution in [0.4, 0.5) is 40.3 Å². The van der Waals surface area contributed by atoms with Crippen LogP contribution in [0.5, 0.6) is 11.5 Å². The third-order valence-electron chi connectivity index (χ3n) is 13.7. The first-order valence-electron chi connectivity index (χ1n) is 25.1. The second-order valence-corrected chi connectivity index (χ2v) is 21.2. The summed E-state index contributed by atoms with van der Waals surface area (Å²) in [7, 11) is 0. The van der Waals surface area contributed by atoms with Crippen LogP contribution in [0.25, 0.3) is 61.0 Å². The van der Waals surface area contributed by atoms with Crippen LogP contribution in [0, 0.1) is 42.1 Å². The molecule has 3 heterocycles. The molecule has 0 saturated heterocycles. The van der Waals surface area contributed by atoms with E-state index in [0.717, 1.165) is 67.6 Å². The number of para-hydroxylation sites is 3. The van der Waals surface area contributed by atoms with Gasteiger partial charge in [0.25, 0.3) is 0 Å². The molecule has 0 radical (unpaired) electrons. The molecule has 0 unspecified atom stereocenters. The molecule has 1 aliphatic heterocycles. The van der Waals surface area contributed by atoms with Crippen LogP contribution in [-0.4, -0.2) is 9.55 Å². The molecule has 0 bridgehead atoms. The van der Waals surface area contributed by atoms with Crippen LogP contribution in [0.15, 0.2) is 164 Å². The number of hydrogen-bond donors (Lipinski definition) is 0. The summed E-state index contributed by atoms with van der Waals surface area (Å²) in [5.41, 5.74) is 9.12. The van der Waals surface area contributed by atoms with Gasteiger partial charge in [0.1, 0.15) is 29.1 Å². The summed E-state index contributed by atoms with van der Waals surface area (Å²) in [5, 5.41) is 2.02. The molecule has 1 aliphatic rings. The first kappa shape index (κ1) is 49.7. The molecule has 0 spiro atoms. The maximum Gasteiger partial charge on any atom is 0.135 e. The predicted octanol–water partition coefficient (Wildman–Crippen LogP) is 18.3. The van der Waals surface area contributed by atoms with Gasteiger partial charge in [0.15, 0.2) is 0 Å². The molecule has 0 aliphatic carbocycles. The fraction of sp³-hybridized carbons (Fsp3) is 0.169. The van der Waals surface area contributed by atoms with E-state index in [4.69, 9.17) is 9.72 Å². The Kier molecular flexibility index (Phi) is 13.0. The molecular weight excluding hydrogens is 1120 g/mol. The summed E-state index contributed by atoms with van der Waals surface area (Å²) in [5.74, 6) is -2.54. The number of hydrogen-bond acceptors (Lipinski definition) is 4. The average Bonchev–Trinajstić information content (AvgIpc) is 3.95. The minimum Gasteiger partial charge on any atom is -0.509 e. The van der Waals surface area contributed by atoms with Crippen molar-refractivity contribution in [3.8, 4) is 50.7 Å². The first-order valence-corrected chi connectivity index (χ1v) is 24.6. The van der Waals surface area contributed by atoms with E-state index in [2.05, 4.69) is 55.7 Å². The van der Waals surface area contributed by atoms with Crippen molar-refractivity contribution in [1.29, 1.82) is 0 Å². The number of rotatable bonds is 9. The minimum atomic E-state index is -0.982. The Balaban J connectivity index is 0.00000657. The summed E-state index contributed by atoms with van der Waals surface area (Å²) in [6.07, 6.45) is 1.84. The summed E-state index contributed by atoms with van der Waals surface area (Å²) in [6, 6.07) is 53.4. The van der Waals surface area contributed by atoms with Gasteiger partial charge in [-0.2, -0.15) is 6.07 Å². The zero-order valence-electron chi connectivity index (χ0n) is 43.7. The number of fused-ring (bicyclic) bond motifs is 4. The van der Waals surface area contributed by atoms with Gasteiger partial charge in [0.05, 0.1) is 0 Å². The van der Waals surface area contributed by atoms with E-state index >= 15 is 17.6 Å². The number of ether oxygens (including phenoxy) is 1. The quantitative estimate of drug-likeness (QED) is 0.107. The summed E-state index contributed by atoms with van der Waals surface area (Å²) in [4.78, 5) is 8.70. The van der Waals surface area contributed by atoms with Crippen molar-refractivity contribution in [2.24, 2.45) is 0 Å². The van der Waals surface area contributed by atoms with Crippen molar-refractivity contribution < 1.29 is 44.7 Å². The molecule has 380 valence electrons. The van der Waals surface area contributed by atoms with Crippen molar-refractivity contribution in [2.45, 2.75) is 72.1 Å². The molecule has 0 atom stereocenters. The van der Waals surface area contributed by atoms with E-state index in [1.807, 2.05) is 160 Å². The third-order valence-corrected chi connectivity index (χ3v) is 13.7. The topological polar surface area (TPSA) is 33.5 Å². The molecule has 0 fully saturated rings. The molecule has 10 aromatic rings. The Morgan fingerprint density at radius 1 is 0.560 bits per heavy atom. The van der Waals surface area contributed by atoms with Crippen molar-refractivity contribution in [2.75, 3.05) is 9.80 Å². The molecule has 11 rings (SSSR count). The van der Waals surface area contributed by atoms with E-state index in [1.54, 1.807) is 0 Å². The number of nitrogens with zero attached hydrogens (tertiary/aromatic N) is 4. The molecule has 0 N–H and O–H groups in total. The van der Waals surface area contributed by atoms with E-state index in [9.17, 15) is 1.37 Å². The normalized spacial score (nSPS) is 13.0. The molecule has 0 saturated carbocycles. The van der Waals surface area contributed by atoms with Gasteiger partial charge < -0.3 is 19.1 Å². The number of aromatic nitrogens is 2. The fourth-order valence-electron chi connectivity index (χ4n) is 10.0. The van der Waals surface area contributed by atoms with Crippen molar-refractivity contribution in [3.63, 3.8) is 0 Å². The average molecular weight is 1180 g/mol. The molecule has 5 nitrogen and oxygen atoms in total. The molecule has 0 amide bonds. The van der Waals surface area contributed by atoms with Gasteiger partial charge in [0.2, 0.25) is 0 Å². The van der Waals surface area contributed by atoms with Crippen LogP contribution >= 0.6 is 0 Å². The van der Waals surface area contributed by atoms with Crippen molar-refractivity contribution in [1.82, 2.24) is 9.55 Å². The second-order valence-electron chi connectivity index (χ2n) is 21.2. The Labute approximate surface area is 451 Å². The summed E-state index contributed by atoms with van der Waals surface area (Å²) in [6.45, 7) is 18.1. The van der Waals surface area contributed by atoms with Crippen LogP contribution < -0.4 is 14.5 Å². The van der Waals surface area contributed by atoms with Crippen molar-refractivity contribution >= 4 is 44.6 Å². The van der Waals surface area contributed by atoms with E-state index < -0.39 is 34.6 Å². The van der Waals surface area contributed by atoms with E-state index in [1.165, 1.54) is 24.3 Å². The SMILES string of the molecule is [2H]C(C)(C)c1ccccc1-c1cc(Oc2[c-]c3c(cc2)c2ccccc2n3-c2cc(C(C)(C)C)ccn2)[c-]c(N2[CH-]N(c3c(-c4cc(F)cc(F)c4)cc(C(C)(C)C)cc3-c3cc(F)cc(F)c3)c3ccccc32)c1.[Pt]. The number of anilines is 4. The maximum atomic E-state index is 15.4. The van der Waals surface area contributed by atoms with Gasteiger partial charge in [-0.3, -0.25) is 0 Å². The third kappa shape index (κ3) is 9.75. The van der Waals surface area contributed by atoms with Crippen LogP contribution in [0.2, 0.25) is 0 Å². The fourth-order valence-corrected chi connectivity index (χ4v) is 10.0. The molecular formula is C65H53F4N4OPt-3. The zero-order valence-corrected chi connectivity index (χ0v) is 45.0. The monoisotopic (exact) mass is 1180 g/mol. The number of benzene rings is 8. The second kappa shape index (κ2) is 19.7. The maximum absolute atomic E-state index is 15.4. The largest absolute Gasteiger partial charge is 0.509 e. The van der Waals surface area contributed by atoms with Gasteiger partial charge in [-0.25, -0.2) is 22.5 Å². The van der Waals surface area contributed by atoms with Gasteiger partial charge in [0, 0.05) is 86.0 Å². The van der Waals surface area contributed by atoms with Gasteiger partial charge >= 0.3 is 0 Å². The molecule has 75 heavy (non-hydrogen) atoms. The Hall–Kier alpha value is -7.48. The number of halogens is 4. The van der Waals surface area contributed by atoms with Gasteiger partial charge in [-0.05, 0) is 122 Å². The zero-order chi connectivity index (χ0) is 52.7. The Morgan fingerprint density at radius 3 is 1.76 bits per heavy atom. The van der Waals surface area contributed by atoms with E-state index in [-0.39, 0.29) is 37.6 Å². The van der Waals surface area contributed by atoms with Crippen LogP contribution in [0.3, 0.4) is 0 Å². The molecule has 8 aromatic carbocycles. The summed E-state index contributed by atoms with van der Waals surface area (Å²) >= 11 is 0. The summed E-state index contributed by atoms with van der Waals surface area (Å²) < 4.78 is 79.6.